The van der Waals surface area contributed by atoms with Gasteiger partial charge in [0.15, 0.2) is 17.4 Å². The number of ether oxygens (including phenoxy) is 2. The number of aromatic nitrogens is 1. The highest BCUT2D eigenvalue weighted by Crippen LogP contribution is 2.45. The van der Waals surface area contributed by atoms with Crippen LogP contribution in [0.2, 0.25) is 0 Å². The van der Waals surface area contributed by atoms with Gasteiger partial charge in [0.25, 0.3) is 0 Å². The number of hydrogen-bond acceptors (Lipinski definition) is 6. The van der Waals surface area contributed by atoms with Gasteiger partial charge in [-0.3, -0.25) is 0 Å². The maximum absolute atomic E-state index is 12.3. The van der Waals surface area contributed by atoms with Gasteiger partial charge in [0.2, 0.25) is 0 Å². The molecule has 1 saturated carbocycles. The molecule has 32 heavy (non-hydrogen) atoms. The minimum Gasteiger partial charge on any atom is -0.444 e. The Hall–Kier alpha value is -2.96. The molecule has 7 nitrogen and oxygen atoms in total. The summed E-state index contributed by atoms with van der Waals surface area (Å²) in [5.74, 6) is 2.58. The van der Waals surface area contributed by atoms with Gasteiger partial charge in [-0.2, -0.15) is 0 Å². The molecule has 1 aliphatic carbocycles. The number of carbonyl (C=O) groups excluding carboxylic acids is 1. The fourth-order valence-corrected chi connectivity index (χ4v) is 4.60. The molecular formula is C25H31N3O4. The summed E-state index contributed by atoms with van der Waals surface area (Å²) in [5.41, 5.74) is 2.51. The van der Waals surface area contributed by atoms with E-state index in [0.29, 0.717) is 25.0 Å². The predicted octanol–water partition coefficient (Wildman–Crippen LogP) is 5.68. The minimum atomic E-state index is -0.476. The van der Waals surface area contributed by atoms with Crippen LogP contribution in [0.3, 0.4) is 0 Å². The molecule has 0 radical (unpaired) electrons. The second kappa shape index (κ2) is 7.87. The van der Waals surface area contributed by atoms with Crippen molar-refractivity contribution in [2.45, 2.75) is 70.4 Å². The largest absolute Gasteiger partial charge is 0.444 e. The molecule has 170 valence electrons. The van der Waals surface area contributed by atoms with Gasteiger partial charge in [-0.25, -0.2) is 4.79 Å². The number of likely N-dealkylation sites (tertiary alicyclic amines) is 1. The summed E-state index contributed by atoms with van der Waals surface area (Å²) < 4.78 is 17.1. The number of rotatable bonds is 3. The Bertz CT molecular complexity index is 1030. The van der Waals surface area contributed by atoms with Crippen LogP contribution in [0.4, 0.5) is 10.5 Å². The highest BCUT2D eigenvalue weighted by Gasteiger charge is 2.35. The first-order valence-corrected chi connectivity index (χ1v) is 11.5. The molecule has 0 atom stereocenters. The number of hydrogen-bond donors (Lipinski definition) is 0. The van der Waals surface area contributed by atoms with Crippen molar-refractivity contribution < 1.29 is 18.8 Å². The summed E-state index contributed by atoms with van der Waals surface area (Å²) in [6, 6.07) is 8.61. The third kappa shape index (κ3) is 3.96. The van der Waals surface area contributed by atoms with Crippen molar-refractivity contribution in [3.63, 3.8) is 0 Å². The van der Waals surface area contributed by atoms with Crippen LogP contribution in [0.1, 0.15) is 64.5 Å². The van der Waals surface area contributed by atoms with Crippen LogP contribution < -0.4 is 9.64 Å². The van der Waals surface area contributed by atoms with E-state index in [1.54, 1.807) is 4.90 Å². The molecule has 0 unspecified atom stereocenters. The predicted molar refractivity (Wildman–Crippen MR) is 122 cm³/mol. The van der Waals surface area contributed by atoms with E-state index in [4.69, 9.17) is 14.0 Å². The van der Waals surface area contributed by atoms with Crippen LogP contribution in [0.25, 0.3) is 11.3 Å². The third-order valence-electron chi connectivity index (χ3n) is 6.53. The molecule has 0 N–H and O–H groups in total. The number of fused-ring (bicyclic) bond motifs is 1. The lowest BCUT2D eigenvalue weighted by Gasteiger charge is -2.35. The zero-order chi connectivity index (χ0) is 22.5. The number of amides is 1. The van der Waals surface area contributed by atoms with Gasteiger partial charge < -0.3 is 23.8 Å². The Morgan fingerprint density at radius 3 is 2.56 bits per heavy atom. The van der Waals surface area contributed by atoms with Crippen LogP contribution in [-0.2, 0) is 4.74 Å². The maximum Gasteiger partial charge on any atom is 0.410 e. The van der Waals surface area contributed by atoms with Crippen molar-refractivity contribution in [1.82, 2.24) is 10.1 Å². The molecule has 0 bridgehead atoms. The van der Waals surface area contributed by atoms with Gasteiger partial charge in [0.05, 0.1) is 11.4 Å². The second-order valence-corrected chi connectivity index (χ2v) is 9.99. The Morgan fingerprint density at radius 2 is 1.91 bits per heavy atom. The van der Waals surface area contributed by atoms with E-state index >= 15 is 0 Å². The Balaban J connectivity index is 1.27. The Kier molecular flexibility index (Phi) is 5.14. The monoisotopic (exact) mass is 437 g/mol. The topological polar surface area (TPSA) is 68.0 Å². The van der Waals surface area contributed by atoms with Gasteiger partial charge >= 0.3 is 6.09 Å². The van der Waals surface area contributed by atoms with E-state index in [-0.39, 0.29) is 12.0 Å². The van der Waals surface area contributed by atoms with E-state index in [2.05, 4.69) is 22.7 Å². The van der Waals surface area contributed by atoms with Crippen LogP contribution >= 0.6 is 0 Å². The Labute approximate surface area is 188 Å². The fraction of sp³-hybridized carbons (Fsp3) is 0.520. The number of carbonyl (C=O) groups is 1. The quantitative estimate of drug-likeness (QED) is 0.615. The molecule has 3 heterocycles. The summed E-state index contributed by atoms with van der Waals surface area (Å²) in [5, 5.41) is 4.36. The van der Waals surface area contributed by atoms with Gasteiger partial charge in [-0.1, -0.05) is 5.16 Å². The molecule has 1 amide bonds. The first kappa shape index (κ1) is 20.9. The number of anilines is 1. The number of benzene rings is 1. The summed E-state index contributed by atoms with van der Waals surface area (Å²) in [6.07, 6.45) is 5.04. The van der Waals surface area contributed by atoms with E-state index < -0.39 is 5.60 Å². The van der Waals surface area contributed by atoms with Gasteiger partial charge in [0.1, 0.15) is 5.60 Å². The lowest BCUT2D eigenvalue weighted by atomic mass is 9.91. The van der Waals surface area contributed by atoms with Crippen molar-refractivity contribution in [2.75, 3.05) is 18.0 Å². The van der Waals surface area contributed by atoms with Gasteiger partial charge in [-0.05, 0) is 77.7 Å². The van der Waals surface area contributed by atoms with Crippen molar-refractivity contribution in [3.05, 3.63) is 42.4 Å². The average molecular weight is 438 g/mol. The van der Waals surface area contributed by atoms with Crippen molar-refractivity contribution >= 4 is 11.8 Å². The summed E-state index contributed by atoms with van der Waals surface area (Å²) in [4.78, 5) is 16.3. The molecule has 7 heteroatoms. The van der Waals surface area contributed by atoms with Crippen LogP contribution in [-0.4, -0.2) is 40.9 Å². The van der Waals surface area contributed by atoms with Crippen LogP contribution in [0.15, 0.2) is 41.3 Å². The molecule has 3 aliphatic rings. The Morgan fingerprint density at radius 1 is 1.16 bits per heavy atom. The molecule has 2 aliphatic heterocycles. The van der Waals surface area contributed by atoms with Crippen LogP contribution in [0, 0.1) is 0 Å². The molecule has 1 aromatic heterocycles. The lowest BCUT2D eigenvalue weighted by Crippen LogP contribution is -2.41. The molecule has 1 aromatic carbocycles. The van der Waals surface area contributed by atoms with Crippen molar-refractivity contribution in [1.29, 1.82) is 0 Å². The fourth-order valence-electron chi connectivity index (χ4n) is 4.60. The molecule has 0 spiro atoms. The molecular weight excluding hydrogens is 406 g/mol. The summed E-state index contributed by atoms with van der Waals surface area (Å²) in [6.45, 7) is 11.1. The highest BCUT2D eigenvalue weighted by atomic mass is 16.6. The minimum absolute atomic E-state index is 0.241. The lowest BCUT2D eigenvalue weighted by molar-refractivity contribution is 0.0203. The summed E-state index contributed by atoms with van der Waals surface area (Å²) in [7, 11) is 0. The first-order valence-electron chi connectivity index (χ1n) is 11.5. The SMILES string of the molecule is C=C1Oc2ccc(-c3cc(C4CCN(C(=O)OC(C)(C)C)CC4)no3)cc2N1C1CCC1. The molecule has 1 saturated heterocycles. The molecule has 5 rings (SSSR count). The van der Waals surface area contributed by atoms with Crippen molar-refractivity contribution in [3.8, 4) is 17.1 Å². The van der Waals surface area contributed by atoms with Gasteiger partial charge in [-0.15, -0.1) is 0 Å². The van der Waals surface area contributed by atoms with E-state index in [1.807, 2.05) is 39.0 Å². The second-order valence-electron chi connectivity index (χ2n) is 9.99. The average Bonchev–Trinajstić information content (AvgIpc) is 3.31. The van der Waals surface area contributed by atoms with E-state index in [0.717, 1.165) is 41.3 Å². The van der Waals surface area contributed by atoms with Crippen LogP contribution in [0.5, 0.6) is 5.75 Å². The normalized spacial score (nSPS) is 19.5. The highest BCUT2D eigenvalue weighted by molar-refractivity contribution is 5.74. The maximum atomic E-state index is 12.3. The van der Waals surface area contributed by atoms with E-state index in [9.17, 15) is 4.79 Å². The first-order chi connectivity index (χ1) is 15.3. The van der Waals surface area contributed by atoms with E-state index in [1.165, 1.54) is 19.3 Å². The standard InChI is InChI=1S/C25H31N3O4/c1-16-28(19-6-5-7-19)21-14-18(8-9-22(21)30-16)23-15-20(26-32-23)17-10-12-27(13-11-17)24(29)31-25(2,3)4/h8-9,14-15,17,19H,1,5-7,10-13H2,2-4H3. The molecule has 2 aromatic rings. The van der Waals surface area contributed by atoms with Gasteiger partial charge in [0, 0.05) is 36.7 Å². The summed E-state index contributed by atoms with van der Waals surface area (Å²) >= 11 is 0. The zero-order valence-electron chi connectivity index (χ0n) is 19.1. The smallest absolute Gasteiger partial charge is 0.410 e. The number of piperidine rings is 1. The zero-order valence-corrected chi connectivity index (χ0v) is 19.1. The third-order valence-corrected chi connectivity index (χ3v) is 6.53. The number of nitrogens with zero attached hydrogens (tertiary/aromatic N) is 3. The van der Waals surface area contributed by atoms with Crippen molar-refractivity contribution in [2.24, 2.45) is 0 Å². The molecule has 2 fully saturated rings.